The quantitative estimate of drug-likeness (QED) is 0.750. The Kier molecular flexibility index (Phi) is 2.76. The van der Waals surface area contributed by atoms with Gasteiger partial charge in [-0.25, -0.2) is 0 Å². The molecule has 1 N–H and O–H groups in total. The molecule has 5 rings (SSSR count). The number of ether oxygens (including phenoxy) is 1. The van der Waals surface area contributed by atoms with Crippen LogP contribution in [0, 0.1) is 0 Å². The standard InChI is InChI=1S/C19H19N3O/c1-23-12-8-15-16(20-10-12)6-7-22-11-18-14(9-19(15)22)13-4-2-3-5-17(13)21-18/h2-5,8,10,19,21H,6-7,9,11H2,1H3/t19-/m0/s1. The van der Waals surface area contributed by atoms with E-state index in [-0.39, 0.29) is 0 Å². The molecule has 2 aromatic heterocycles. The lowest BCUT2D eigenvalue weighted by Gasteiger charge is -2.40. The molecular formula is C19H19N3O. The van der Waals surface area contributed by atoms with E-state index in [2.05, 4.69) is 45.2 Å². The molecule has 4 heterocycles. The van der Waals surface area contributed by atoms with Gasteiger partial charge in [-0.2, -0.15) is 0 Å². The number of nitrogens with one attached hydrogen (secondary N) is 1. The summed E-state index contributed by atoms with van der Waals surface area (Å²) in [6.07, 6.45) is 3.90. The van der Waals surface area contributed by atoms with Gasteiger partial charge in [0.25, 0.3) is 0 Å². The van der Waals surface area contributed by atoms with Crippen LogP contribution in [0.1, 0.15) is 28.6 Å². The number of rotatable bonds is 1. The lowest BCUT2D eigenvalue weighted by molar-refractivity contribution is 0.157. The summed E-state index contributed by atoms with van der Waals surface area (Å²) in [7, 11) is 1.71. The van der Waals surface area contributed by atoms with Crippen molar-refractivity contribution in [3.63, 3.8) is 0 Å². The molecule has 2 aliphatic rings. The van der Waals surface area contributed by atoms with Crippen molar-refractivity contribution in [2.75, 3.05) is 13.7 Å². The van der Waals surface area contributed by atoms with Crippen molar-refractivity contribution < 1.29 is 4.74 Å². The van der Waals surface area contributed by atoms with Crippen LogP contribution in [-0.2, 0) is 19.4 Å². The van der Waals surface area contributed by atoms with Crippen molar-refractivity contribution in [1.29, 1.82) is 0 Å². The predicted molar refractivity (Wildman–Crippen MR) is 89.6 cm³/mol. The zero-order chi connectivity index (χ0) is 15.4. The third-order valence-electron chi connectivity index (χ3n) is 5.31. The van der Waals surface area contributed by atoms with E-state index in [4.69, 9.17) is 4.74 Å². The van der Waals surface area contributed by atoms with Gasteiger partial charge in [0.1, 0.15) is 5.75 Å². The number of H-pyrrole nitrogens is 1. The summed E-state index contributed by atoms with van der Waals surface area (Å²) in [4.78, 5) is 10.8. The number of nitrogens with zero attached hydrogens (tertiary/aromatic N) is 2. The van der Waals surface area contributed by atoms with Gasteiger partial charge < -0.3 is 9.72 Å². The van der Waals surface area contributed by atoms with Crippen LogP contribution in [0.4, 0.5) is 0 Å². The first-order valence-corrected chi connectivity index (χ1v) is 8.19. The molecule has 1 aromatic carbocycles. The molecule has 0 radical (unpaired) electrons. The minimum Gasteiger partial charge on any atom is -0.495 e. The molecule has 0 amide bonds. The number of aromatic amines is 1. The Morgan fingerprint density at radius 3 is 3.13 bits per heavy atom. The molecule has 0 spiro atoms. The molecule has 4 nitrogen and oxygen atoms in total. The highest BCUT2D eigenvalue weighted by Crippen LogP contribution is 2.40. The molecule has 1 atom stereocenters. The Bertz CT molecular complexity index is 899. The number of methoxy groups -OCH3 is 1. The third-order valence-corrected chi connectivity index (χ3v) is 5.31. The summed E-state index contributed by atoms with van der Waals surface area (Å²) in [5.41, 5.74) is 6.67. The van der Waals surface area contributed by atoms with Crippen molar-refractivity contribution in [3.05, 3.63) is 59.0 Å². The average Bonchev–Trinajstić information content (AvgIpc) is 2.97. The number of pyridine rings is 1. The summed E-state index contributed by atoms with van der Waals surface area (Å²) in [6.45, 7) is 2.07. The molecule has 4 heteroatoms. The number of fused-ring (bicyclic) bond motifs is 6. The van der Waals surface area contributed by atoms with Gasteiger partial charge in [0, 0.05) is 47.8 Å². The first-order valence-electron chi connectivity index (χ1n) is 8.19. The average molecular weight is 305 g/mol. The number of aromatic nitrogens is 2. The summed E-state index contributed by atoms with van der Waals surface area (Å²) >= 11 is 0. The molecule has 0 unspecified atom stereocenters. The van der Waals surface area contributed by atoms with Crippen molar-refractivity contribution in [3.8, 4) is 5.75 Å². The van der Waals surface area contributed by atoms with Crippen LogP contribution in [0.3, 0.4) is 0 Å². The summed E-state index contributed by atoms with van der Waals surface area (Å²) in [6, 6.07) is 11.2. The monoisotopic (exact) mass is 305 g/mol. The van der Waals surface area contributed by atoms with Crippen LogP contribution in [-0.4, -0.2) is 28.5 Å². The van der Waals surface area contributed by atoms with E-state index < -0.39 is 0 Å². The molecule has 0 saturated heterocycles. The van der Waals surface area contributed by atoms with Crippen molar-refractivity contribution in [2.45, 2.75) is 25.4 Å². The van der Waals surface area contributed by atoms with Gasteiger partial charge in [0.15, 0.2) is 0 Å². The molecule has 3 aromatic rings. The molecule has 0 aliphatic carbocycles. The van der Waals surface area contributed by atoms with Crippen molar-refractivity contribution in [2.24, 2.45) is 0 Å². The lowest BCUT2D eigenvalue weighted by atomic mass is 9.87. The van der Waals surface area contributed by atoms with E-state index in [0.29, 0.717) is 6.04 Å². The Morgan fingerprint density at radius 1 is 1.30 bits per heavy atom. The van der Waals surface area contributed by atoms with Gasteiger partial charge in [0.2, 0.25) is 0 Å². The van der Waals surface area contributed by atoms with Crippen molar-refractivity contribution >= 4 is 10.9 Å². The predicted octanol–water partition coefficient (Wildman–Crippen LogP) is 3.23. The number of hydrogen-bond donors (Lipinski definition) is 1. The number of hydrogen-bond acceptors (Lipinski definition) is 3. The highest BCUT2D eigenvalue weighted by atomic mass is 16.5. The minimum absolute atomic E-state index is 0.410. The van der Waals surface area contributed by atoms with E-state index in [1.807, 2.05) is 6.20 Å². The molecule has 0 saturated carbocycles. The maximum atomic E-state index is 5.40. The fraction of sp³-hybridized carbons (Fsp3) is 0.316. The van der Waals surface area contributed by atoms with Crippen LogP contribution < -0.4 is 4.74 Å². The summed E-state index contributed by atoms with van der Waals surface area (Å²) in [5.74, 6) is 0.857. The normalized spacial score (nSPS) is 20.0. The van der Waals surface area contributed by atoms with Crippen LogP contribution in [0.2, 0.25) is 0 Å². The highest BCUT2D eigenvalue weighted by Gasteiger charge is 2.34. The van der Waals surface area contributed by atoms with E-state index in [0.717, 1.165) is 31.7 Å². The molecule has 23 heavy (non-hydrogen) atoms. The number of para-hydroxylation sites is 1. The van der Waals surface area contributed by atoms with Gasteiger partial charge in [-0.3, -0.25) is 9.88 Å². The van der Waals surface area contributed by atoms with Crippen LogP contribution in [0.5, 0.6) is 5.75 Å². The Labute approximate surface area is 135 Å². The Morgan fingerprint density at radius 2 is 2.22 bits per heavy atom. The van der Waals surface area contributed by atoms with E-state index in [1.165, 1.54) is 33.4 Å². The van der Waals surface area contributed by atoms with E-state index in [1.54, 1.807) is 7.11 Å². The van der Waals surface area contributed by atoms with E-state index >= 15 is 0 Å². The molecule has 0 fully saturated rings. The fourth-order valence-corrected chi connectivity index (χ4v) is 4.15. The number of benzene rings is 1. The molecule has 2 aliphatic heterocycles. The zero-order valence-electron chi connectivity index (χ0n) is 13.2. The van der Waals surface area contributed by atoms with Crippen molar-refractivity contribution in [1.82, 2.24) is 14.9 Å². The van der Waals surface area contributed by atoms with E-state index in [9.17, 15) is 0 Å². The smallest absolute Gasteiger partial charge is 0.137 e. The summed E-state index contributed by atoms with van der Waals surface area (Å²) in [5, 5.41) is 1.37. The van der Waals surface area contributed by atoms with Crippen LogP contribution in [0.25, 0.3) is 10.9 Å². The Balaban J connectivity index is 1.63. The van der Waals surface area contributed by atoms with Gasteiger partial charge in [-0.05, 0) is 29.7 Å². The van der Waals surface area contributed by atoms with Gasteiger partial charge in [0.05, 0.1) is 13.3 Å². The SMILES string of the molecule is COc1cnc2c(c1)[C@@H]1Cc3c([nH]c4ccccc34)CN1CC2. The Hall–Kier alpha value is -2.33. The van der Waals surface area contributed by atoms with Gasteiger partial charge in [-0.1, -0.05) is 18.2 Å². The molecular weight excluding hydrogens is 286 g/mol. The van der Waals surface area contributed by atoms with Gasteiger partial charge >= 0.3 is 0 Å². The maximum absolute atomic E-state index is 5.40. The first kappa shape index (κ1) is 13.1. The topological polar surface area (TPSA) is 41.1 Å². The largest absolute Gasteiger partial charge is 0.495 e. The van der Waals surface area contributed by atoms with Gasteiger partial charge in [-0.15, -0.1) is 0 Å². The maximum Gasteiger partial charge on any atom is 0.137 e. The van der Waals surface area contributed by atoms with Crippen LogP contribution in [0.15, 0.2) is 36.5 Å². The molecule has 116 valence electrons. The first-order chi connectivity index (χ1) is 11.3. The zero-order valence-corrected chi connectivity index (χ0v) is 13.2. The minimum atomic E-state index is 0.410. The van der Waals surface area contributed by atoms with Crippen LogP contribution >= 0.6 is 0 Å². The molecule has 0 bridgehead atoms. The second-order valence-electron chi connectivity index (χ2n) is 6.48. The highest BCUT2D eigenvalue weighted by molar-refractivity contribution is 5.85. The second kappa shape index (κ2) is 4.83. The fourth-order valence-electron chi connectivity index (χ4n) is 4.15. The lowest BCUT2D eigenvalue weighted by Crippen LogP contribution is -2.39. The summed E-state index contributed by atoms with van der Waals surface area (Å²) < 4.78 is 5.40. The second-order valence-corrected chi connectivity index (χ2v) is 6.48. The third kappa shape index (κ3) is 1.91.